The lowest BCUT2D eigenvalue weighted by Gasteiger charge is -2.35. The summed E-state index contributed by atoms with van der Waals surface area (Å²) < 4.78 is 3.06. The molecule has 1 amide bonds. The van der Waals surface area contributed by atoms with Gasteiger partial charge in [0.2, 0.25) is 0 Å². The van der Waals surface area contributed by atoms with Crippen LogP contribution in [0.25, 0.3) is 0 Å². The first-order chi connectivity index (χ1) is 18.0. The smallest absolute Gasteiger partial charge is 0.265 e. The Labute approximate surface area is 232 Å². The van der Waals surface area contributed by atoms with Crippen molar-refractivity contribution in [1.29, 1.82) is 0 Å². The van der Waals surface area contributed by atoms with E-state index in [4.69, 9.17) is 9.97 Å². The number of pyridine rings is 2. The summed E-state index contributed by atoms with van der Waals surface area (Å²) >= 11 is 1.27. The van der Waals surface area contributed by atoms with Crippen LogP contribution in [0.15, 0.2) is 35.4 Å². The molecule has 38 heavy (non-hydrogen) atoms. The lowest BCUT2D eigenvalue weighted by Crippen LogP contribution is -2.40. The molecule has 0 aromatic carbocycles. The Morgan fingerprint density at radius 3 is 2.55 bits per heavy atom. The quantitative estimate of drug-likeness (QED) is 0.407. The van der Waals surface area contributed by atoms with E-state index in [1.807, 2.05) is 24.3 Å². The number of hydrogen-bond donors (Lipinski definition) is 3. The van der Waals surface area contributed by atoms with Gasteiger partial charge in [-0.25, -0.2) is 9.97 Å². The van der Waals surface area contributed by atoms with Crippen LogP contribution in [0.5, 0.6) is 0 Å². The van der Waals surface area contributed by atoms with Crippen LogP contribution in [0.1, 0.15) is 83.3 Å². The number of aromatic nitrogens is 2. The average molecular weight is 537 g/mol. The van der Waals surface area contributed by atoms with Crippen molar-refractivity contribution in [3.8, 4) is 0 Å². The molecule has 2 aromatic heterocycles. The summed E-state index contributed by atoms with van der Waals surface area (Å²) in [5.41, 5.74) is 1.44. The van der Waals surface area contributed by atoms with Crippen molar-refractivity contribution in [1.82, 2.24) is 20.0 Å². The van der Waals surface area contributed by atoms with Crippen molar-refractivity contribution in [3.63, 3.8) is 0 Å². The molecule has 0 saturated carbocycles. The third kappa shape index (κ3) is 5.81. The highest BCUT2D eigenvalue weighted by molar-refractivity contribution is 7.97. The molecule has 1 unspecified atom stereocenters. The van der Waals surface area contributed by atoms with Crippen LogP contribution in [-0.4, -0.2) is 47.1 Å². The number of rotatable bonds is 1. The van der Waals surface area contributed by atoms with Gasteiger partial charge in [-0.1, -0.05) is 33.8 Å². The number of amides is 1. The minimum atomic E-state index is -0.132. The van der Waals surface area contributed by atoms with Crippen LogP contribution < -0.4 is 20.3 Å². The molecule has 5 rings (SSSR count). The highest BCUT2D eigenvalue weighted by Crippen LogP contribution is 2.43. The second-order valence-electron chi connectivity index (χ2n) is 13.2. The Bertz CT molecular complexity index is 1160. The Morgan fingerprint density at radius 1 is 1.05 bits per heavy atom. The van der Waals surface area contributed by atoms with Crippen molar-refractivity contribution >= 4 is 29.5 Å². The van der Waals surface area contributed by atoms with Crippen LogP contribution in [0.3, 0.4) is 0 Å². The first-order valence-corrected chi connectivity index (χ1v) is 15.0. The fourth-order valence-corrected chi connectivity index (χ4v) is 7.00. The summed E-state index contributed by atoms with van der Waals surface area (Å²) in [6.07, 6.45) is 4.56. The normalized spacial score (nSPS) is 26.5. The molecule has 0 radical (unpaired) electrons. The maximum Gasteiger partial charge on any atom is 0.265 e. The minimum absolute atomic E-state index is 0.0920. The van der Waals surface area contributed by atoms with Crippen LogP contribution in [0.4, 0.5) is 11.6 Å². The first-order valence-electron chi connectivity index (χ1n) is 14.2. The Balaban J connectivity index is 1.55. The van der Waals surface area contributed by atoms with E-state index < -0.39 is 0 Å². The van der Waals surface area contributed by atoms with Crippen LogP contribution in [0, 0.1) is 17.8 Å². The third-order valence-electron chi connectivity index (χ3n) is 8.74. The molecule has 4 bridgehead atoms. The lowest BCUT2D eigenvalue weighted by molar-refractivity contribution is 0.0984. The lowest BCUT2D eigenvalue weighted by atomic mass is 9.79. The molecule has 0 spiro atoms. The maximum atomic E-state index is 13.6. The van der Waals surface area contributed by atoms with Crippen LogP contribution >= 0.6 is 11.9 Å². The van der Waals surface area contributed by atoms with Crippen molar-refractivity contribution in [2.75, 3.05) is 29.9 Å². The molecule has 2 saturated heterocycles. The molecule has 7 nitrogen and oxygen atoms in total. The largest absolute Gasteiger partial charge is 0.367 e. The number of piperidine rings is 1. The number of nitrogens with one attached hydrogen (secondary N) is 3. The molecule has 3 atom stereocenters. The van der Waals surface area contributed by atoms with Crippen LogP contribution in [0.2, 0.25) is 0 Å². The summed E-state index contributed by atoms with van der Waals surface area (Å²) in [6, 6.07) is 10.4. The number of carbonyl (C=O) groups excluding carboxylic acids is 1. The summed E-state index contributed by atoms with van der Waals surface area (Å²) in [4.78, 5) is 26.0. The van der Waals surface area contributed by atoms with E-state index in [0.717, 1.165) is 54.8 Å². The molecule has 3 aliphatic rings. The van der Waals surface area contributed by atoms with Gasteiger partial charge in [-0.2, -0.15) is 0 Å². The Morgan fingerprint density at radius 2 is 1.82 bits per heavy atom. The molecule has 2 fully saturated rings. The standard InChI is InChI=1S/C30H44N6OS/c1-19-16-23(20-12-14-31-15-13-20)32-25-8-7-9-26(34-25)38-35-28(37)22-10-11-24(29(2,3)4)33-27(22)36-18-21(19)17-30(36,5)6/h7-11,19-21,23,31H,12-18H2,1-6H3,(H,32,34)(H,35,37)/t19-,21-,23?/m0/s1. The molecule has 206 valence electrons. The second-order valence-corrected chi connectivity index (χ2v) is 14.0. The third-order valence-corrected chi connectivity index (χ3v) is 9.47. The van der Waals surface area contributed by atoms with Gasteiger partial charge in [-0.05, 0) is 94.6 Å². The first kappa shape index (κ1) is 27.3. The van der Waals surface area contributed by atoms with Gasteiger partial charge in [-0.3, -0.25) is 9.52 Å². The van der Waals surface area contributed by atoms with Gasteiger partial charge in [0.05, 0.1) is 5.56 Å². The summed E-state index contributed by atoms with van der Waals surface area (Å²) in [5, 5.41) is 8.13. The Hall–Kier alpha value is -2.32. The Kier molecular flexibility index (Phi) is 7.66. The predicted octanol–water partition coefficient (Wildman–Crippen LogP) is 5.64. The SMILES string of the molecule is C[C@H]1CC(C2CCNCC2)Nc2cccc(n2)SNC(=O)c2ccc(C(C)(C)C)nc2N2C[C@@H]1CC2(C)C. The molecular formula is C30H44N6OS. The average Bonchev–Trinajstić information content (AvgIpc) is 3.21. The highest BCUT2D eigenvalue weighted by atomic mass is 32.2. The maximum absolute atomic E-state index is 13.6. The zero-order valence-electron chi connectivity index (χ0n) is 23.8. The van der Waals surface area contributed by atoms with Gasteiger partial charge in [-0.15, -0.1) is 0 Å². The van der Waals surface area contributed by atoms with E-state index in [2.05, 4.69) is 67.9 Å². The molecule has 5 heterocycles. The molecule has 2 aromatic rings. The summed E-state index contributed by atoms with van der Waals surface area (Å²) in [6.45, 7) is 16.6. The van der Waals surface area contributed by atoms with E-state index in [0.29, 0.717) is 29.4 Å². The molecular weight excluding hydrogens is 492 g/mol. The highest BCUT2D eigenvalue weighted by Gasteiger charge is 2.43. The van der Waals surface area contributed by atoms with Gasteiger partial charge in [0.1, 0.15) is 16.7 Å². The topological polar surface area (TPSA) is 82.2 Å². The molecule has 3 aliphatic heterocycles. The minimum Gasteiger partial charge on any atom is -0.367 e. The molecule has 8 heteroatoms. The summed E-state index contributed by atoms with van der Waals surface area (Å²) in [5.74, 6) is 3.23. The van der Waals surface area contributed by atoms with E-state index in [1.54, 1.807) is 0 Å². The van der Waals surface area contributed by atoms with Gasteiger partial charge in [0.15, 0.2) is 0 Å². The monoisotopic (exact) mass is 536 g/mol. The van der Waals surface area contributed by atoms with E-state index in [9.17, 15) is 4.79 Å². The van der Waals surface area contributed by atoms with Crippen molar-refractivity contribution in [3.05, 3.63) is 41.6 Å². The van der Waals surface area contributed by atoms with E-state index in [1.165, 1.54) is 24.8 Å². The van der Waals surface area contributed by atoms with Gasteiger partial charge in [0, 0.05) is 41.2 Å². The van der Waals surface area contributed by atoms with Gasteiger partial charge >= 0.3 is 0 Å². The fraction of sp³-hybridized carbons (Fsp3) is 0.633. The number of anilines is 2. The molecule has 3 N–H and O–H groups in total. The summed E-state index contributed by atoms with van der Waals surface area (Å²) in [7, 11) is 0. The number of carbonyl (C=O) groups is 1. The van der Waals surface area contributed by atoms with Crippen LogP contribution in [-0.2, 0) is 5.41 Å². The fourth-order valence-electron chi connectivity index (χ4n) is 6.41. The number of nitrogens with zero attached hydrogens (tertiary/aromatic N) is 3. The van der Waals surface area contributed by atoms with E-state index >= 15 is 0 Å². The van der Waals surface area contributed by atoms with Crippen molar-refractivity contribution in [2.24, 2.45) is 17.8 Å². The second kappa shape index (κ2) is 10.7. The van der Waals surface area contributed by atoms with E-state index in [-0.39, 0.29) is 16.9 Å². The number of fused-ring (bicyclic) bond motifs is 6. The van der Waals surface area contributed by atoms with Crippen molar-refractivity contribution < 1.29 is 4.79 Å². The van der Waals surface area contributed by atoms with Gasteiger partial charge in [0.25, 0.3) is 5.91 Å². The molecule has 0 aliphatic carbocycles. The zero-order chi connectivity index (χ0) is 27.1. The van der Waals surface area contributed by atoms with Crippen molar-refractivity contribution in [2.45, 2.75) is 89.2 Å². The number of hydrogen-bond acceptors (Lipinski definition) is 7. The van der Waals surface area contributed by atoms with Gasteiger partial charge < -0.3 is 15.5 Å². The zero-order valence-corrected chi connectivity index (χ0v) is 24.6. The predicted molar refractivity (Wildman–Crippen MR) is 157 cm³/mol.